The standard InChI is InChI=1S/C17H16FN3O3S/c1-2-12(23-13-7-4-3-6-11(13)18)17(22)19-10-15-20-16(21-24-15)14-8-5-9-25-14/h3-9,12H,2,10H2,1H3,(H,19,22)/t12-/m1/s1. The van der Waals surface area contributed by atoms with E-state index in [9.17, 15) is 9.18 Å². The molecular formula is C17H16FN3O3S. The van der Waals surface area contributed by atoms with Gasteiger partial charge in [-0.05, 0) is 30.0 Å². The van der Waals surface area contributed by atoms with E-state index in [1.165, 1.54) is 23.5 Å². The van der Waals surface area contributed by atoms with Gasteiger partial charge in [-0.2, -0.15) is 4.98 Å². The number of nitrogens with zero attached hydrogens (tertiary/aromatic N) is 2. The van der Waals surface area contributed by atoms with Crippen LogP contribution in [0.1, 0.15) is 19.2 Å². The van der Waals surface area contributed by atoms with E-state index >= 15 is 0 Å². The van der Waals surface area contributed by atoms with E-state index in [1.54, 1.807) is 19.1 Å². The van der Waals surface area contributed by atoms with Gasteiger partial charge in [0.2, 0.25) is 11.7 Å². The molecule has 8 heteroatoms. The van der Waals surface area contributed by atoms with E-state index in [-0.39, 0.29) is 24.1 Å². The molecule has 0 aliphatic heterocycles. The summed E-state index contributed by atoms with van der Waals surface area (Å²) in [5.41, 5.74) is 0. The summed E-state index contributed by atoms with van der Waals surface area (Å²) in [6.07, 6.45) is -0.415. The number of benzene rings is 1. The van der Waals surface area contributed by atoms with Crippen molar-refractivity contribution < 1.29 is 18.4 Å². The number of para-hydroxylation sites is 1. The number of hydrogen-bond acceptors (Lipinski definition) is 6. The lowest BCUT2D eigenvalue weighted by atomic mass is 10.2. The summed E-state index contributed by atoms with van der Waals surface area (Å²) < 4.78 is 24.2. The van der Waals surface area contributed by atoms with Crippen LogP contribution >= 0.6 is 11.3 Å². The summed E-state index contributed by atoms with van der Waals surface area (Å²) in [4.78, 5) is 17.4. The number of carbonyl (C=O) groups is 1. The van der Waals surface area contributed by atoms with E-state index in [2.05, 4.69) is 15.5 Å². The zero-order chi connectivity index (χ0) is 17.6. The molecule has 0 unspecified atom stereocenters. The minimum Gasteiger partial charge on any atom is -0.478 e. The summed E-state index contributed by atoms with van der Waals surface area (Å²) in [5.74, 6) is -0.0680. The molecule has 0 aliphatic carbocycles. The predicted octanol–water partition coefficient (Wildman–Crippen LogP) is 3.41. The summed E-state index contributed by atoms with van der Waals surface area (Å²) >= 11 is 1.50. The topological polar surface area (TPSA) is 77.2 Å². The molecule has 6 nitrogen and oxygen atoms in total. The Morgan fingerprint density at radius 1 is 1.36 bits per heavy atom. The molecular weight excluding hydrogens is 345 g/mol. The molecule has 1 N–H and O–H groups in total. The van der Waals surface area contributed by atoms with Crippen LogP contribution in [0.2, 0.25) is 0 Å². The summed E-state index contributed by atoms with van der Waals surface area (Å²) in [6.45, 7) is 1.86. The van der Waals surface area contributed by atoms with Crippen molar-refractivity contribution in [2.75, 3.05) is 0 Å². The van der Waals surface area contributed by atoms with Gasteiger partial charge in [0, 0.05) is 0 Å². The Morgan fingerprint density at radius 2 is 2.20 bits per heavy atom. The molecule has 25 heavy (non-hydrogen) atoms. The number of nitrogens with one attached hydrogen (secondary N) is 1. The van der Waals surface area contributed by atoms with Gasteiger partial charge in [0.1, 0.15) is 0 Å². The summed E-state index contributed by atoms with van der Waals surface area (Å²) in [5, 5.41) is 8.46. The van der Waals surface area contributed by atoms with Crippen molar-refractivity contribution in [1.82, 2.24) is 15.5 Å². The lowest BCUT2D eigenvalue weighted by Crippen LogP contribution is -2.37. The fraction of sp³-hybridized carbons (Fsp3) is 0.235. The van der Waals surface area contributed by atoms with Crippen molar-refractivity contribution in [1.29, 1.82) is 0 Å². The number of ether oxygens (including phenoxy) is 1. The van der Waals surface area contributed by atoms with Crippen molar-refractivity contribution in [3.05, 3.63) is 53.5 Å². The van der Waals surface area contributed by atoms with Crippen molar-refractivity contribution in [3.8, 4) is 16.5 Å². The first-order chi connectivity index (χ1) is 12.2. The highest BCUT2D eigenvalue weighted by Gasteiger charge is 2.20. The van der Waals surface area contributed by atoms with Crippen LogP contribution in [-0.4, -0.2) is 22.2 Å². The Labute approximate surface area is 147 Å². The minimum absolute atomic E-state index is 0.0438. The van der Waals surface area contributed by atoms with Gasteiger partial charge in [-0.1, -0.05) is 30.3 Å². The fourth-order valence-corrected chi connectivity index (χ4v) is 2.77. The SMILES string of the molecule is CC[C@@H](Oc1ccccc1F)C(=O)NCc1nc(-c2cccs2)no1. The highest BCUT2D eigenvalue weighted by Crippen LogP contribution is 2.21. The van der Waals surface area contributed by atoms with Crippen LogP contribution in [0.3, 0.4) is 0 Å². The molecule has 0 bridgehead atoms. The number of halogens is 1. The zero-order valence-electron chi connectivity index (χ0n) is 13.4. The van der Waals surface area contributed by atoms with Crippen LogP contribution in [0, 0.1) is 5.82 Å². The van der Waals surface area contributed by atoms with Crippen molar-refractivity contribution in [3.63, 3.8) is 0 Å². The van der Waals surface area contributed by atoms with Gasteiger partial charge >= 0.3 is 0 Å². The van der Waals surface area contributed by atoms with Gasteiger partial charge in [-0.3, -0.25) is 4.79 Å². The summed E-state index contributed by atoms with van der Waals surface area (Å²) in [6, 6.07) is 9.75. The maximum atomic E-state index is 13.6. The van der Waals surface area contributed by atoms with Crippen LogP contribution < -0.4 is 10.1 Å². The smallest absolute Gasteiger partial charge is 0.261 e. The van der Waals surface area contributed by atoms with Crippen molar-refractivity contribution >= 4 is 17.2 Å². The van der Waals surface area contributed by atoms with E-state index in [1.807, 2.05) is 17.5 Å². The molecule has 0 saturated heterocycles. The van der Waals surface area contributed by atoms with Crippen LogP contribution in [0.25, 0.3) is 10.7 Å². The predicted molar refractivity (Wildman–Crippen MR) is 90.6 cm³/mol. The molecule has 0 saturated carbocycles. The van der Waals surface area contributed by atoms with E-state index in [4.69, 9.17) is 9.26 Å². The van der Waals surface area contributed by atoms with Crippen molar-refractivity contribution in [2.24, 2.45) is 0 Å². The van der Waals surface area contributed by atoms with Crippen LogP contribution in [0.4, 0.5) is 4.39 Å². The van der Waals surface area contributed by atoms with Gasteiger partial charge in [-0.25, -0.2) is 4.39 Å². The molecule has 0 aliphatic rings. The molecule has 3 rings (SSSR count). The second-order valence-electron chi connectivity index (χ2n) is 5.15. The van der Waals surface area contributed by atoms with Crippen LogP contribution in [-0.2, 0) is 11.3 Å². The van der Waals surface area contributed by atoms with E-state index in [0.29, 0.717) is 12.2 Å². The third-order valence-electron chi connectivity index (χ3n) is 3.39. The second-order valence-corrected chi connectivity index (χ2v) is 6.10. The number of hydrogen-bond donors (Lipinski definition) is 1. The lowest BCUT2D eigenvalue weighted by Gasteiger charge is -2.17. The maximum Gasteiger partial charge on any atom is 0.261 e. The van der Waals surface area contributed by atoms with E-state index in [0.717, 1.165) is 4.88 Å². The highest BCUT2D eigenvalue weighted by molar-refractivity contribution is 7.13. The fourth-order valence-electron chi connectivity index (χ4n) is 2.12. The molecule has 130 valence electrons. The largest absolute Gasteiger partial charge is 0.478 e. The Kier molecular flexibility index (Phi) is 5.39. The molecule has 1 amide bonds. The average Bonchev–Trinajstić information content (AvgIpc) is 3.30. The number of rotatable bonds is 7. The zero-order valence-corrected chi connectivity index (χ0v) is 14.3. The molecule has 3 aromatic rings. The number of thiophene rings is 1. The van der Waals surface area contributed by atoms with E-state index < -0.39 is 11.9 Å². The quantitative estimate of drug-likeness (QED) is 0.698. The van der Waals surface area contributed by atoms with Gasteiger partial charge in [0.15, 0.2) is 17.7 Å². The average molecular weight is 361 g/mol. The highest BCUT2D eigenvalue weighted by atomic mass is 32.1. The maximum absolute atomic E-state index is 13.6. The second kappa shape index (κ2) is 7.89. The summed E-state index contributed by atoms with van der Waals surface area (Å²) in [7, 11) is 0. The first kappa shape index (κ1) is 17.1. The molecule has 2 heterocycles. The molecule has 1 aromatic carbocycles. The van der Waals surface area contributed by atoms with Gasteiger partial charge in [0.05, 0.1) is 11.4 Å². The van der Waals surface area contributed by atoms with Crippen LogP contribution in [0.15, 0.2) is 46.3 Å². The first-order valence-corrected chi connectivity index (χ1v) is 8.60. The Hall–Kier alpha value is -2.74. The van der Waals surface area contributed by atoms with Crippen molar-refractivity contribution in [2.45, 2.75) is 26.0 Å². The molecule has 0 spiro atoms. The number of carbonyl (C=O) groups excluding carboxylic acids is 1. The molecule has 0 radical (unpaired) electrons. The number of amides is 1. The molecule has 2 aromatic heterocycles. The monoisotopic (exact) mass is 361 g/mol. The Balaban J connectivity index is 1.58. The lowest BCUT2D eigenvalue weighted by molar-refractivity contribution is -0.128. The third kappa shape index (κ3) is 4.21. The molecule has 1 atom stereocenters. The molecule has 0 fully saturated rings. The van der Waals surface area contributed by atoms with Crippen LogP contribution in [0.5, 0.6) is 5.75 Å². The Morgan fingerprint density at radius 3 is 2.92 bits per heavy atom. The van der Waals surface area contributed by atoms with Gasteiger partial charge < -0.3 is 14.6 Å². The Bertz CT molecular complexity index is 835. The van der Waals surface area contributed by atoms with Gasteiger partial charge in [-0.15, -0.1) is 11.3 Å². The minimum atomic E-state index is -0.809. The third-order valence-corrected chi connectivity index (χ3v) is 4.26. The number of aromatic nitrogens is 2. The first-order valence-electron chi connectivity index (χ1n) is 7.72. The normalized spacial score (nSPS) is 11.9. The van der Waals surface area contributed by atoms with Gasteiger partial charge in [0.25, 0.3) is 5.91 Å².